The first-order chi connectivity index (χ1) is 6.53. The van der Waals surface area contributed by atoms with E-state index in [1.54, 1.807) is 0 Å². The summed E-state index contributed by atoms with van der Waals surface area (Å²) in [7, 11) is 0.0472. The highest BCUT2D eigenvalue weighted by molar-refractivity contribution is 6.78. The van der Waals surface area contributed by atoms with Crippen molar-refractivity contribution in [1.82, 2.24) is 0 Å². The number of carbonyl (C=O) groups excluding carboxylic acids is 1. The number of esters is 1. The first-order valence-electron chi connectivity index (χ1n) is 5.22. The second-order valence-electron chi connectivity index (χ2n) is 4.55. The zero-order valence-corrected chi connectivity index (χ0v) is 10.5. The van der Waals surface area contributed by atoms with Gasteiger partial charge in [0.25, 0.3) is 0 Å². The molecule has 1 aliphatic heterocycles. The van der Waals surface area contributed by atoms with E-state index in [9.17, 15) is 4.79 Å². The van der Waals surface area contributed by atoms with Crippen LogP contribution in [-0.2, 0) is 14.3 Å². The van der Waals surface area contributed by atoms with Gasteiger partial charge in [-0.15, -0.1) is 0 Å². The number of methoxy groups -OCH3 is 1. The number of hydrogen-bond donors (Lipinski definition) is 0. The molecule has 0 radical (unpaired) electrons. The van der Waals surface area contributed by atoms with Gasteiger partial charge in [-0.3, -0.25) is 4.79 Å². The van der Waals surface area contributed by atoms with Crippen LogP contribution in [0.5, 0.6) is 0 Å². The molecule has 0 bridgehead atoms. The Balaban J connectivity index is 2.73. The number of rotatable bonds is 3. The number of hydrogen-bond acceptors (Lipinski definition) is 3. The van der Waals surface area contributed by atoms with Crippen LogP contribution in [0.1, 0.15) is 13.3 Å². The molecule has 1 aliphatic rings. The first-order valence-corrected chi connectivity index (χ1v) is 8.50. The lowest BCUT2D eigenvalue weighted by atomic mass is 10.1. The van der Waals surface area contributed by atoms with Gasteiger partial charge in [-0.2, -0.15) is 0 Å². The fourth-order valence-electron chi connectivity index (χ4n) is 1.95. The maximum atomic E-state index is 11.5. The Labute approximate surface area is 86.8 Å². The van der Waals surface area contributed by atoms with Crippen LogP contribution < -0.4 is 0 Å². The van der Waals surface area contributed by atoms with Crippen LogP contribution in [0.15, 0.2) is 0 Å². The summed E-state index contributed by atoms with van der Waals surface area (Å²) < 4.78 is 10.5. The minimum absolute atomic E-state index is 0.0124. The molecule has 82 valence electrons. The van der Waals surface area contributed by atoms with Crippen LogP contribution in [-0.4, -0.2) is 33.5 Å². The van der Waals surface area contributed by atoms with Crippen LogP contribution >= 0.6 is 0 Å². The Kier molecular flexibility index (Phi) is 3.72. The van der Waals surface area contributed by atoms with Gasteiger partial charge in [-0.05, 0) is 6.42 Å². The van der Waals surface area contributed by atoms with Crippen LogP contribution in [0.3, 0.4) is 0 Å². The molecular weight excluding hydrogens is 196 g/mol. The molecule has 0 spiro atoms. The van der Waals surface area contributed by atoms with Crippen molar-refractivity contribution in [2.24, 2.45) is 5.92 Å². The summed E-state index contributed by atoms with van der Waals surface area (Å²) in [5.41, 5.74) is 0.153. The van der Waals surface area contributed by atoms with E-state index in [2.05, 4.69) is 20.0 Å². The zero-order chi connectivity index (χ0) is 10.8. The number of carbonyl (C=O) groups is 1. The molecule has 0 saturated carbocycles. The minimum atomic E-state index is -1.41. The summed E-state index contributed by atoms with van der Waals surface area (Å²) in [6.07, 6.45) is 0.827. The lowest BCUT2D eigenvalue weighted by Crippen LogP contribution is -2.46. The van der Waals surface area contributed by atoms with E-state index in [0.29, 0.717) is 6.61 Å². The summed E-state index contributed by atoms with van der Waals surface area (Å²) in [6, 6.07) is 1.14. The van der Waals surface area contributed by atoms with Gasteiger partial charge in [0.2, 0.25) is 0 Å². The fourth-order valence-corrected chi connectivity index (χ4v) is 4.32. The lowest BCUT2D eigenvalue weighted by molar-refractivity contribution is -0.146. The van der Waals surface area contributed by atoms with E-state index < -0.39 is 8.07 Å². The molecule has 14 heavy (non-hydrogen) atoms. The molecule has 0 aromatic rings. The quantitative estimate of drug-likeness (QED) is 0.533. The lowest BCUT2D eigenvalue weighted by Gasteiger charge is -2.30. The standard InChI is InChI=1S/C10H20O3Si/c1-5-14(3,4)10-8(6-7-13-10)9(11)12-2/h8,10H,5-7H2,1-4H3/t8-,10-/m1/s1. The zero-order valence-electron chi connectivity index (χ0n) is 9.50. The van der Waals surface area contributed by atoms with Gasteiger partial charge >= 0.3 is 5.97 Å². The molecule has 1 saturated heterocycles. The molecule has 0 N–H and O–H groups in total. The molecule has 0 aromatic carbocycles. The van der Waals surface area contributed by atoms with Gasteiger partial charge in [0.05, 0.1) is 26.8 Å². The normalized spacial score (nSPS) is 27.7. The Bertz CT molecular complexity index is 215. The van der Waals surface area contributed by atoms with Gasteiger partial charge in [0, 0.05) is 6.61 Å². The van der Waals surface area contributed by atoms with Crippen molar-refractivity contribution < 1.29 is 14.3 Å². The molecule has 1 fully saturated rings. The van der Waals surface area contributed by atoms with E-state index in [1.165, 1.54) is 7.11 Å². The average Bonchev–Trinajstić information content (AvgIpc) is 2.65. The monoisotopic (exact) mass is 216 g/mol. The van der Waals surface area contributed by atoms with Gasteiger partial charge < -0.3 is 9.47 Å². The molecule has 0 aliphatic carbocycles. The SMILES string of the molecule is CC[Si](C)(C)[C@H]1OCC[C@@H]1C(=O)OC. The summed E-state index contributed by atoms with van der Waals surface area (Å²) in [5.74, 6) is -0.108. The molecule has 3 nitrogen and oxygen atoms in total. The average molecular weight is 216 g/mol. The third-order valence-corrected chi connectivity index (χ3v) is 7.21. The Morgan fingerprint density at radius 1 is 1.57 bits per heavy atom. The Hall–Kier alpha value is -0.353. The molecule has 4 heteroatoms. The van der Waals surface area contributed by atoms with Gasteiger partial charge in [0.15, 0.2) is 0 Å². The highest BCUT2D eigenvalue weighted by atomic mass is 28.3. The highest BCUT2D eigenvalue weighted by Gasteiger charge is 2.44. The van der Waals surface area contributed by atoms with Crippen molar-refractivity contribution in [2.75, 3.05) is 13.7 Å². The molecule has 1 rings (SSSR count). The van der Waals surface area contributed by atoms with E-state index in [4.69, 9.17) is 9.47 Å². The third-order valence-electron chi connectivity index (χ3n) is 3.28. The summed E-state index contributed by atoms with van der Waals surface area (Å²) in [6.45, 7) is 7.45. The predicted molar refractivity (Wildman–Crippen MR) is 57.8 cm³/mol. The van der Waals surface area contributed by atoms with Gasteiger partial charge in [0.1, 0.15) is 0 Å². The van der Waals surface area contributed by atoms with Gasteiger partial charge in [-0.25, -0.2) is 0 Å². The fraction of sp³-hybridized carbons (Fsp3) is 0.900. The highest BCUT2D eigenvalue weighted by Crippen LogP contribution is 2.31. The van der Waals surface area contributed by atoms with Crippen molar-refractivity contribution in [3.63, 3.8) is 0 Å². The molecule has 0 aromatic heterocycles. The molecule has 0 amide bonds. The van der Waals surface area contributed by atoms with Crippen molar-refractivity contribution in [2.45, 2.75) is 38.2 Å². The molecule has 0 unspecified atom stereocenters. The van der Waals surface area contributed by atoms with Crippen LogP contribution in [0.25, 0.3) is 0 Å². The maximum Gasteiger partial charge on any atom is 0.311 e. The second-order valence-corrected chi connectivity index (χ2v) is 9.81. The summed E-state index contributed by atoms with van der Waals surface area (Å²) in [5, 5.41) is 0. The Morgan fingerprint density at radius 3 is 2.71 bits per heavy atom. The largest absolute Gasteiger partial charge is 0.469 e. The third kappa shape index (κ3) is 2.17. The predicted octanol–water partition coefficient (Wildman–Crippen LogP) is 1.83. The molecular formula is C10H20O3Si. The smallest absolute Gasteiger partial charge is 0.311 e. The first kappa shape index (κ1) is 11.7. The van der Waals surface area contributed by atoms with Crippen molar-refractivity contribution in [3.05, 3.63) is 0 Å². The van der Waals surface area contributed by atoms with Gasteiger partial charge in [-0.1, -0.05) is 26.1 Å². The van der Waals surface area contributed by atoms with E-state index in [1.807, 2.05) is 0 Å². The topological polar surface area (TPSA) is 35.5 Å². The maximum absolute atomic E-state index is 11.5. The van der Waals surface area contributed by atoms with E-state index in [0.717, 1.165) is 12.5 Å². The molecule has 1 heterocycles. The molecule has 2 atom stereocenters. The second kappa shape index (κ2) is 4.44. The van der Waals surface area contributed by atoms with E-state index in [-0.39, 0.29) is 17.6 Å². The van der Waals surface area contributed by atoms with Crippen LogP contribution in [0.4, 0.5) is 0 Å². The van der Waals surface area contributed by atoms with Crippen molar-refractivity contribution in [1.29, 1.82) is 0 Å². The number of ether oxygens (including phenoxy) is 2. The summed E-state index contributed by atoms with van der Waals surface area (Å²) in [4.78, 5) is 11.5. The van der Waals surface area contributed by atoms with Crippen LogP contribution in [0.2, 0.25) is 19.1 Å². The minimum Gasteiger partial charge on any atom is -0.469 e. The van der Waals surface area contributed by atoms with Crippen molar-refractivity contribution in [3.8, 4) is 0 Å². The summed E-state index contributed by atoms with van der Waals surface area (Å²) >= 11 is 0. The van der Waals surface area contributed by atoms with Crippen molar-refractivity contribution >= 4 is 14.0 Å². The van der Waals surface area contributed by atoms with E-state index >= 15 is 0 Å². The van der Waals surface area contributed by atoms with Crippen LogP contribution in [0, 0.1) is 5.92 Å². The Morgan fingerprint density at radius 2 is 2.21 bits per heavy atom.